The number of para-hydroxylation sites is 1. The summed E-state index contributed by atoms with van der Waals surface area (Å²) in [5.41, 5.74) is 0.650. The van der Waals surface area contributed by atoms with Crippen LogP contribution in [0.1, 0.15) is 6.92 Å². The Morgan fingerprint density at radius 3 is 2.79 bits per heavy atom. The van der Waals surface area contributed by atoms with Crippen molar-refractivity contribution in [2.75, 3.05) is 18.4 Å². The van der Waals surface area contributed by atoms with E-state index in [2.05, 4.69) is 10.6 Å². The number of hydrogen-bond donors (Lipinski definition) is 2. The van der Waals surface area contributed by atoms with E-state index in [4.69, 9.17) is 11.6 Å². The Balaban J connectivity index is 2.52. The van der Waals surface area contributed by atoms with Crippen molar-refractivity contribution in [3.05, 3.63) is 29.3 Å². The second kappa shape index (κ2) is 5.62. The molecule has 0 bridgehead atoms. The van der Waals surface area contributed by atoms with Crippen molar-refractivity contribution in [2.24, 2.45) is 0 Å². The van der Waals surface area contributed by atoms with Crippen LogP contribution in [0, 0.1) is 0 Å². The molecule has 1 amide bonds. The van der Waals surface area contributed by atoms with E-state index in [1.54, 1.807) is 12.1 Å². The maximum atomic E-state index is 11.3. The normalized spacial score (nSPS) is 9.86. The summed E-state index contributed by atoms with van der Waals surface area (Å²) in [6, 6.07) is 7.16. The molecule has 0 saturated carbocycles. The average molecular weight is 213 g/mol. The van der Waals surface area contributed by atoms with Crippen LogP contribution < -0.4 is 10.6 Å². The number of likely N-dealkylation sites (N-methyl/N-ethyl adjacent to an activating group) is 1. The van der Waals surface area contributed by atoms with Gasteiger partial charge in [-0.2, -0.15) is 0 Å². The smallest absolute Gasteiger partial charge is 0.238 e. The molecule has 1 aromatic rings. The van der Waals surface area contributed by atoms with Crippen LogP contribution >= 0.6 is 11.6 Å². The average Bonchev–Trinajstić information content (AvgIpc) is 2.18. The van der Waals surface area contributed by atoms with Gasteiger partial charge in [-0.1, -0.05) is 30.7 Å². The number of anilines is 1. The molecule has 0 saturated heterocycles. The number of nitrogens with one attached hydrogen (secondary N) is 2. The predicted octanol–water partition coefficient (Wildman–Crippen LogP) is 1.89. The largest absolute Gasteiger partial charge is 0.324 e. The third kappa shape index (κ3) is 3.36. The van der Waals surface area contributed by atoms with Crippen LogP contribution in [0.3, 0.4) is 0 Å². The fraction of sp³-hybridized carbons (Fsp3) is 0.300. The van der Waals surface area contributed by atoms with Gasteiger partial charge < -0.3 is 10.6 Å². The van der Waals surface area contributed by atoms with Gasteiger partial charge in [0.15, 0.2) is 0 Å². The van der Waals surface area contributed by atoms with Crippen LogP contribution in [0.25, 0.3) is 0 Å². The third-order valence-electron chi connectivity index (χ3n) is 1.68. The Kier molecular flexibility index (Phi) is 4.43. The predicted molar refractivity (Wildman–Crippen MR) is 58.6 cm³/mol. The molecule has 0 unspecified atom stereocenters. The number of amides is 1. The minimum Gasteiger partial charge on any atom is -0.324 e. The lowest BCUT2D eigenvalue weighted by Gasteiger charge is -2.06. The van der Waals surface area contributed by atoms with E-state index in [-0.39, 0.29) is 5.91 Å². The van der Waals surface area contributed by atoms with Crippen LogP contribution in [0.4, 0.5) is 5.69 Å². The van der Waals surface area contributed by atoms with Crippen molar-refractivity contribution >= 4 is 23.2 Å². The first-order valence-electron chi connectivity index (χ1n) is 4.49. The molecule has 0 aliphatic heterocycles. The maximum Gasteiger partial charge on any atom is 0.238 e. The van der Waals surface area contributed by atoms with E-state index in [1.165, 1.54) is 0 Å². The van der Waals surface area contributed by atoms with Gasteiger partial charge in [0, 0.05) is 0 Å². The highest BCUT2D eigenvalue weighted by molar-refractivity contribution is 6.33. The number of benzene rings is 1. The highest BCUT2D eigenvalue weighted by Gasteiger charge is 2.03. The van der Waals surface area contributed by atoms with Crippen LogP contribution in [0.2, 0.25) is 5.02 Å². The standard InChI is InChI=1S/C10H13ClN2O/c1-2-12-7-10(14)13-9-6-4-3-5-8(9)11/h3-6,12H,2,7H2,1H3,(H,13,14). The van der Waals surface area contributed by atoms with Gasteiger partial charge >= 0.3 is 0 Å². The molecule has 3 nitrogen and oxygen atoms in total. The second-order valence-corrected chi connectivity index (χ2v) is 3.22. The van der Waals surface area contributed by atoms with Gasteiger partial charge in [-0.15, -0.1) is 0 Å². The lowest BCUT2D eigenvalue weighted by molar-refractivity contribution is -0.115. The number of halogens is 1. The molecule has 0 aromatic heterocycles. The summed E-state index contributed by atoms with van der Waals surface area (Å²) in [7, 11) is 0. The zero-order valence-electron chi connectivity index (χ0n) is 8.01. The summed E-state index contributed by atoms with van der Waals surface area (Å²) in [4.78, 5) is 11.3. The zero-order valence-corrected chi connectivity index (χ0v) is 8.77. The summed E-state index contributed by atoms with van der Waals surface area (Å²) in [6.07, 6.45) is 0. The first kappa shape index (κ1) is 11.0. The van der Waals surface area contributed by atoms with Crippen molar-refractivity contribution < 1.29 is 4.79 Å². The van der Waals surface area contributed by atoms with Crippen molar-refractivity contribution in [3.63, 3.8) is 0 Å². The molecular weight excluding hydrogens is 200 g/mol. The molecule has 0 aliphatic rings. The Bertz CT molecular complexity index is 315. The summed E-state index contributed by atoms with van der Waals surface area (Å²) in [6.45, 7) is 3.03. The van der Waals surface area contributed by atoms with Crippen LogP contribution in [0.15, 0.2) is 24.3 Å². The molecule has 0 radical (unpaired) electrons. The lowest BCUT2D eigenvalue weighted by atomic mass is 10.3. The molecule has 1 aromatic carbocycles. The van der Waals surface area contributed by atoms with E-state index in [9.17, 15) is 4.79 Å². The Morgan fingerprint density at radius 1 is 1.43 bits per heavy atom. The van der Waals surface area contributed by atoms with Gasteiger partial charge in [0.1, 0.15) is 0 Å². The second-order valence-electron chi connectivity index (χ2n) is 2.81. The van der Waals surface area contributed by atoms with Gasteiger partial charge in [0.25, 0.3) is 0 Å². The van der Waals surface area contributed by atoms with Crippen molar-refractivity contribution in [3.8, 4) is 0 Å². The molecule has 4 heteroatoms. The molecule has 0 spiro atoms. The van der Waals surface area contributed by atoms with Crippen molar-refractivity contribution in [1.82, 2.24) is 5.32 Å². The van der Waals surface area contributed by atoms with E-state index in [0.29, 0.717) is 17.3 Å². The van der Waals surface area contributed by atoms with Crippen molar-refractivity contribution in [1.29, 1.82) is 0 Å². The van der Waals surface area contributed by atoms with Gasteiger partial charge in [0.2, 0.25) is 5.91 Å². The Labute approximate surface area is 88.5 Å². The zero-order chi connectivity index (χ0) is 10.4. The first-order valence-corrected chi connectivity index (χ1v) is 4.87. The van der Waals surface area contributed by atoms with Crippen LogP contribution in [0.5, 0.6) is 0 Å². The van der Waals surface area contributed by atoms with Crippen LogP contribution in [-0.2, 0) is 4.79 Å². The highest BCUT2D eigenvalue weighted by Crippen LogP contribution is 2.19. The van der Waals surface area contributed by atoms with Gasteiger partial charge in [0.05, 0.1) is 17.3 Å². The number of carbonyl (C=O) groups is 1. The minimum atomic E-state index is -0.0834. The molecule has 2 N–H and O–H groups in total. The Morgan fingerprint density at radius 2 is 2.14 bits per heavy atom. The van der Waals surface area contributed by atoms with E-state index in [0.717, 1.165) is 6.54 Å². The minimum absolute atomic E-state index is 0.0834. The number of rotatable bonds is 4. The summed E-state index contributed by atoms with van der Waals surface area (Å²) in [5, 5.41) is 6.20. The Hall–Kier alpha value is -1.06. The molecular formula is C10H13ClN2O. The van der Waals surface area contributed by atoms with Gasteiger partial charge in [-0.25, -0.2) is 0 Å². The monoisotopic (exact) mass is 212 g/mol. The fourth-order valence-corrected chi connectivity index (χ4v) is 1.18. The van der Waals surface area contributed by atoms with E-state index < -0.39 is 0 Å². The van der Waals surface area contributed by atoms with E-state index in [1.807, 2.05) is 19.1 Å². The van der Waals surface area contributed by atoms with Gasteiger partial charge in [-0.05, 0) is 18.7 Å². The number of hydrogen-bond acceptors (Lipinski definition) is 2. The fourth-order valence-electron chi connectivity index (χ4n) is 0.996. The SMILES string of the molecule is CCNCC(=O)Nc1ccccc1Cl. The van der Waals surface area contributed by atoms with E-state index >= 15 is 0 Å². The molecule has 1 rings (SSSR count). The molecule has 76 valence electrons. The topological polar surface area (TPSA) is 41.1 Å². The highest BCUT2D eigenvalue weighted by atomic mass is 35.5. The lowest BCUT2D eigenvalue weighted by Crippen LogP contribution is -2.27. The maximum absolute atomic E-state index is 11.3. The molecule has 0 atom stereocenters. The number of carbonyl (C=O) groups excluding carboxylic acids is 1. The first-order chi connectivity index (χ1) is 6.74. The van der Waals surface area contributed by atoms with Crippen molar-refractivity contribution in [2.45, 2.75) is 6.92 Å². The van der Waals surface area contributed by atoms with Crippen LogP contribution in [-0.4, -0.2) is 19.0 Å². The molecule has 14 heavy (non-hydrogen) atoms. The van der Waals surface area contributed by atoms with Gasteiger partial charge in [-0.3, -0.25) is 4.79 Å². The molecule has 0 aliphatic carbocycles. The third-order valence-corrected chi connectivity index (χ3v) is 2.01. The quantitative estimate of drug-likeness (QED) is 0.801. The summed E-state index contributed by atoms with van der Waals surface area (Å²) < 4.78 is 0. The molecule has 0 fully saturated rings. The molecule has 0 heterocycles. The summed E-state index contributed by atoms with van der Waals surface area (Å²) >= 11 is 5.87. The summed E-state index contributed by atoms with van der Waals surface area (Å²) in [5.74, 6) is -0.0834.